The SMILES string of the molecule is CC(=O)Nc1ccc2c(c1)C(=O)c1cc(F)ccc1-2. The van der Waals surface area contributed by atoms with Gasteiger partial charge in [0.15, 0.2) is 5.78 Å². The summed E-state index contributed by atoms with van der Waals surface area (Å²) in [6, 6.07) is 9.30. The van der Waals surface area contributed by atoms with E-state index in [0.717, 1.165) is 11.1 Å². The Hall–Kier alpha value is -2.49. The Labute approximate surface area is 109 Å². The Balaban J connectivity index is 2.13. The van der Waals surface area contributed by atoms with Gasteiger partial charge in [0.1, 0.15) is 5.82 Å². The molecule has 3 nitrogen and oxygen atoms in total. The molecule has 2 aromatic carbocycles. The third-order valence-corrected chi connectivity index (χ3v) is 3.10. The van der Waals surface area contributed by atoms with Gasteiger partial charge >= 0.3 is 0 Å². The molecule has 1 amide bonds. The van der Waals surface area contributed by atoms with Crippen LogP contribution >= 0.6 is 0 Å². The van der Waals surface area contributed by atoms with Gasteiger partial charge in [0.05, 0.1) is 0 Å². The smallest absolute Gasteiger partial charge is 0.221 e. The first-order valence-electron chi connectivity index (χ1n) is 5.82. The van der Waals surface area contributed by atoms with E-state index >= 15 is 0 Å². The molecule has 1 aliphatic rings. The van der Waals surface area contributed by atoms with E-state index in [2.05, 4.69) is 5.32 Å². The van der Waals surface area contributed by atoms with Crippen LogP contribution in [0, 0.1) is 5.82 Å². The molecule has 0 heterocycles. The number of benzene rings is 2. The molecule has 0 fully saturated rings. The minimum atomic E-state index is -0.429. The fraction of sp³-hybridized carbons (Fsp3) is 0.0667. The van der Waals surface area contributed by atoms with E-state index in [1.165, 1.54) is 19.1 Å². The van der Waals surface area contributed by atoms with Crippen molar-refractivity contribution in [2.24, 2.45) is 0 Å². The van der Waals surface area contributed by atoms with Crippen molar-refractivity contribution in [3.05, 3.63) is 53.3 Å². The van der Waals surface area contributed by atoms with Gasteiger partial charge in [0.2, 0.25) is 5.91 Å². The Bertz CT molecular complexity index is 722. The Morgan fingerprint density at radius 1 is 1.00 bits per heavy atom. The molecule has 1 aliphatic carbocycles. The summed E-state index contributed by atoms with van der Waals surface area (Å²) in [6.07, 6.45) is 0. The van der Waals surface area contributed by atoms with Crippen LogP contribution in [0.15, 0.2) is 36.4 Å². The minimum Gasteiger partial charge on any atom is -0.326 e. The molecule has 0 unspecified atom stereocenters. The molecule has 0 radical (unpaired) electrons. The fourth-order valence-electron chi connectivity index (χ4n) is 2.33. The molecule has 94 valence electrons. The first kappa shape index (κ1) is 11.6. The zero-order chi connectivity index (χ0) is 13.6. The van der Waals surface area contributed by atoms with E-state index < -0.39 is 5.82 Å². The van der Waals surface area contributed by atoms with Crippen LogP contribution in [-0.2, 0) is 4.79 Å². The van der Waals surface area contributed by atoms with Crippen LogP contribution in [-0.4, -0.2) is 11.7 Å². The highest BCUT2D eigenvalue weighted by Gasteiger charge is 2.27. The summed E-state index contributed by atoms with van der Waals surface area (Å²) in [6.45, 7) is 1.40. The van der Waals surface area contributed by atoms with Crippen LogP contribution in [0.25, 0.3) is 11.1 Å². The third kappa shape index (κ3) is 1.81. The summed E-state index contributed by atoms with van der Waals surface area (Å²) < 4.78 is 13.2. The average molecular weight is 255 g/mol. The van der Waals surface area contributed by atoms with Gasteiger partial charge < -0.3 is 5.32 Å². The number of amides is 1. The second kappa shape index (κ2) is 4.02. The van der Waals surface area contributed by atoms with Gasteiger partial charge in [-0.3, -0.25) is 9.59 Å². The quantitative estimate of drug-likeness (QED) is 0.726. The zero-order valence-corrected chi connectivity index (χ0v) is 10.2. The summed E-state index contributed by atoms with van der Waals surface area (Å²) in [4.78, 5) is 23.2. The lowest BCUT2D eigenvalue weighted by molar-refractivity contribution is -0.114. The lowest BCUT2D eigenvalue weighted by Crippen LogP contribution is -2.06. The van der Waals surface area contributed by atoms with Crippen LogP contribution in [0.2, 0.25) is 0 Å². The molecule has 1 N–H and O–H groups in total. The molecule has 0 saturated heterocycles. The van der Waals surface area contributed by atoms with E-state index in [0.29, 0.717) is 16.8 Å². The molecule has 0 spiro atoms. The lowest BCUT2D eigenvalue weighted by atomic mass is 10.1. The van der Waals surface area contributed by atoms with Crippen LogP contribution in [0.5, 0.6) is 0 Å². The number of hydrogen-bond donors (Lipinski definition) is 1. The topological polar surface area (TPSA) is 46.2 Å². The maximum absolute atomic E-state index is 13.2. The Morgan fingerprint density at radius 2 is 1.63 bits per heavy atom. The Kier molecular flexibility index (Phi) is 2.45. The van der Waals surface area contributed by atoms with Gasteiger partial charge in [0.25, 0.3) is 0 Å². The minimum absolute atomic E-state index is 0.200. The van der Waals surface area contributed by atoms with Crippen molar-refractivity contribution < 1.29 is 14.0 Å². The van der Waals surface area contributed by atoms with Crippen molar-refractivity contribution >= 4 is 17.4 Å². The van der Waals surface area contributed by atoms with Crippen LogP contribution in [0.4, 0.5) is 10.1 Å². The molecule has 3 rings (SSSR count). The van der Waals surface area contributed by atoms with E-state index in [-0.39, 0.29) is 11.7 Å². The van der Waals surface area contributed by atoms with Crippen molar-refractivity contribution in [2.45, 2.75) is 6.92 Å². The van der Waals surface area contributed by atoms with Crippen molar-refractivity contribution in [3.8, 4) is 11.1 Å². The summed E-state index contributed by atoms with van der Waals surface area (Å²) in [5.41, 5.74) is 2.93. The molecular formula is C15H10FNO2. The van der Waals surface area contributed by atoms with Crippen molar-refractivity contribution in [1.29, 1.82) is 0 Å². The van der Waals surface area contributed by atoms with E-state index in [1.54, 1.807) is 24.3 Å². The predicted octanol–water partition coefficient (Wildman–Crippen LogP) is 3.00. The lowest BCUT2D eigenvalue weighted by Gasteiger charge is -2.04. The summed E-state index contributed by atoms with van der Waals surface area (Å²) >= 11 is 0. The largest absolute Gasteiger partial charge is 0.326 e. The predicted molar refractivity (Wildman–Crippen MR) is 69.6 cm³/mol. The number of fused-ring (bicyclic) bond motifs is 3. The monoisotopic (exact) mass is 255 g/mol. The molecule has 0 aromatic heterocycles. The molecule has 0 bridgehead atoms. The van der Waals surface area contributed by atoms with Crippen molar-refractivity contribution in [1.82, 2.24) is 0 Å². The molecule has 0 aliphatic heterocycles. The summed E-state index contributed by atoms with van der Waals surface area (Å²) in [5.74, 6) is -0.840. The third-order valence-electron chi connectivity index (χ3n) is 3.10. The average Bonchev–Trinajstić information content (AvgIpc) is 2.62. The standard InChI is InChI=1S/C15H10FNO2/c1-8(18)17-10-3-5-12-11-4-2-9(16)6-13(11)15(19)14(12)7-10/h2-7H,1H3,(H,17,18). The number of hydrogen-bond acceptors (Lipinski definition) is 2. The van der Waals surface area contributed by atoms with E-state index in [9.17, 15) is 14.0 Å². The van der Waals surface area contributed by atoms with Gasteiger partial charge in [-0.25, -0.2) is 4.39 Å². The van der Waals surface area contributed by atoms with Gasteiger partial charge in [-0.05, 0) is 35.4 Å². The normalized spacial score (nSPS) is 12.0. The van der Waals surface area contributed by atoms with Crippen LogP contribution < -0.4 is 5.32 Å². The number of nitrogens with one attached hydrogen (secondary N) is 1. The number of anilines is 1. The number of rotatable bonds is 1. The fourth-order valence-corrected chi connectivity index (χ4v) is 2.33. The van der Waals surface area contributed by atoms with Gasteiger partial charge in [0, 0.05) is 23.7 Å². The highest BCUT2D eigenvalue weighted by molar-refractivity contribution is 6.22. The zero-order valence-electron chi connectivity index (χ0n) is 10.2. The van der Waals surface area contributed by atoms with E-state index in [4.69, 9.17) is 0 Å². The molecule has 2 aromatic rings. The molecule has 0 atom stereocenters. The number of carbonyl (C=O) groups excluding carboxylic acids is 2. The second-order valence-electron chi connectivity index (χ2n) is 4.46. The van der Waals surface area contributed by atoms with Crippen molar-refractivity contribution in [3.63, 3.8) is 0 Å². The van der Waals surface area contributed by atoms with Crippen molar-refractivity contribution in [2.75, 3.05) is 5.32 Å². The Morgan fingerprint density at radius 3 is 2.32 bits per heavy atom. The molecule has 19 heavy (non-hydrogen) atoms. The van der Waals surface area contributed by atoms with Gasteiger partial charge in [-0.15, -0.1) is 0 Å². The number of carbonyl (C=O) groups is 2. The van der Waals surface area contributed by atoms with Gasteiger partial charge in [-0.1, -0.05) is 12.1 Å². The molecular weight excluding hydrogens is 245 g/mol. The van der Waals surface area contributed by atoms with Gasteiger partial charge in [-0.2, -0.15) is 0 Å². The number of ketones is 1. The maximum atomic E-state index is 13.2. The first-order valence-corrected chi connectivity index (χ1v) is 5.82. The van der Waals surface area contributed by atoms with Crippen LogP contribution in [0.1, 0.15) is 22.8 Å². The second-order valence-corrected chi connectivity index (χ2v) is 4.46. The molecule has 4 heteroatoms. The van der Waals surface area contributed by atoms with E-state index in [1.807, 2.05) is 0 Å². The first-order chi connectivity index (χ1) is 9.06. The molecule has 0 saturated carbocycles. The highest BCUT2D eigenvalue weighted by atomic mass is 19.1. The highest BCUT2D eigenvalue weighted by Crippen LogP contribution is 2.38. The summed E-state index contributed by atoms with van der Waals surface area (Å²) in [5, 5.41) is 2.63. The number of halogens is 1. The van der Waals surface area contributed by atoms with Crippen LogP contribution in [0.3, 0.4) is 0 Å². The summed E-state index contributed by atoms with van der Waals surface area (Å²) in [7, 11) is 0. The maximum Gasteiger partial charge on any atom is 0.221 e.